The van der Waals surface area contributed by atoms with Gasteiger partial charge in [-0.3, -0.25) is 4.79 Å². The van der Waals surface area contributed by atoms with Crippen LogP contribution >= 0.6 is 22.9 Å². The molecule has 4 nitrogen and oxygen atoms in total. The Morgan fingerprint density at radius 1 is 1.28 bits per heavy atom. The van der Waals surface area contributed by atoms with Crippen LogP contribution in [0, 0.1) is 6.92 Å². The van der Waals surface area contributed by atoms with Crippen molar-refractivity contribution in [2.75, 3.05) is 0 Å². The Bertz CT molecular complexity index is 776. The predicted octanol–water partition coefficient (Wildman–Crippen LogP) is 2.78. The zero-order valence-corrected chi connectivity index (χ0v) is 11.0. The van der Waals surface area contributed by atoms with Gasteiger partial charge in [0.2, 0.25) is 0 Å². The minimum Gasteiger partial charge on any atom is -0.255 e. The van der Waals surface area contributed by atoms with Crippen LogP contribution in [0.5, 0.6) is 0 Å². The molecule has 0 unspecified atom stereocenters. The lowest BCUT2D eigenvalue weighted by Crippen LogP contribution is -2.11. The Morgan fingerprint density at radius 2 is 2.00 bits per heavy atom. The number of hydrogen-bond acceptors (Lipinski definition) is 4. The highest BCUT2D eigenvalue weighted by Gasteiger charge is 2.08. The van der Waals surface area contributed by atoms with Gasteiger partial charge in [0, 0.05) is 16.7 Å². The molecule has 3 rings (SSSR count). The van der Waals surface area contributed by atoms with Crippen LogP contribution in [0.2, 0.25) is 5.02 Å². The van der Waals surface area contributed by atoms with Crippen molar-refractivity contribution in [3.63, 3.8) is 0 Å². The van der Waals surface area contributed by atoms with Crippen LogP contribution in [0.1, 0.15) is 5.69 Å². The Labute approximate surface area is 111 Å². The van der Waals surface area contributed by atoms with Crippen LogP contribution in [-0.2, 0) is 0 Å². The molecule has 0 fully saturated rings. The average molecular weight is 278 g/mol. The smallest absolute Gasteiger partial charge is 0.255 e. The molecule has 0 aliphatic heterocycles. The van der Waals surface area contributed by atoms with Gasteiger partial charge in [-0.15, -0.1) is 0 Å². The number of halogens is 1. The van der Waals surface area contributed by atoms with E-state index in [1.165, 1.54) is 4.52 Å². The number of fused-ring (bicyclic) bond motifs is 1. The van der Waals surface area contributed by atoms with E-state index in [4.69, 9.17) is 11.6 Å². The van der Waals surface area contributed by atoms with Gasteiger partial charge in [0.05, 0.1) is 5.69 Å². The summed E-state index contributed by atoms with van der Waals surface area (Å²) in [6.45, 7) is 1.83. The molecule has 0 radical (unpaired) electrons. The Hall–Kier alpha value is -1.72. The second kappa shape index (κ2) is 4.19. The molecule has 0 atom stereocenters. The third-order valence-electron chi connectivity index (χ3n) is 2.48. The fourth-order valence-corrected chi connectivity index (χ4v) is 2.57. The van der Waals surface area contributed by atoms with Crippen molar-refractivity contribution in [2.24, 2.45) is 0 Å². The van der Waals surface area contributed by atoms with Crippen molar-refractivity contribution >= 4 is 28.6 Å². The molecule has 6 heteroatoms. The van der Waals surface area contributed by atoms with Crippen LogP contribution < -0.4 is 4.87 Å². The maximum absolute atomic E-state index is 11.9. The molecule has 90 valence electrons. The van der Waals surface area contributed by atoms with Crippen molar-refractivity contribution in [1.82, 2.24) is 14.6 Å². The van der Waals surface area contributed by atoms with Crippen LogP contribution in [-0.4, -0.2) is 14.6 Å². The van der Waals surface area contributed by atoms with Gasteiger partial charge in [-0.1, -0.05) is 35.1 Å². The third-order valence-corrected chi connectivity index (χ3v) is 3.60. The van der Waals surface area contributed by atoms with Gasteiger partial charge < -0.3 is 0 Å². The summed E-state index contributed by atoms with van der Waals surface area (Å²) in [5.41, 5.74) is 2.23. The average Bonchev–Trinajstić information content (AvgIpc) is 2.71. The van der Waals surface area contributed by atoms with Gasteiger partial charge in [0.15, 0.2) is 5.65 Å². The number of nitrogens with zero attached hydrogens (tertiary/aromatic N) is 3. The predicted molar refractivity (Wildman–Crippen MR) is 72.3 cm³/mol. The fraction of sp³-hybridized carbons (Fsp3) is 0.0833. The van der Waals surface area contributed by atoms with Crippen LogP contribution in [0.3, 0.4) is 0 Å². The lowest BCUT2D eigenvalue weighted by molar-refractivity contribution is 0.905. The molecule has 0 saturated heterocycles. The van der Waals surface area contributed by atoms with Crippen LogP contribution in [0.4, 0.5) is 0 Å². The fourth-order valence-electron chi connectivity index (χ4n) is 1.67. The first-order valence-electron chi connectivity index (χ1n) is 5.27. The molecule has 0 saturated carbocycles. The lowest BCUT2D eigenvalue weighted by atomic mass is 10.2. The molecule has 0 amide bonds. The van der Waals surface area contributed by atoms with E-state index >= 15 is 0 Å². The zero-order chi connectivity index (χ0) is 12.7. The highest BCUT2D eigenvalue weighted by atomic mass is 35.5. The minimum absolute atomic E-state index is 0.141. The Morgan fingerprint density at radius 3 is 2.72 bits per heavy atom. The van der Waals surface area contributed by atoms with Gasteiger partial charge >= 0.3 is 4.87 Å². The molecule has 0 aliphatic rings. The maximum atomic E-state index is 11.9. The van der Waals surface area contributed by atoms with E-state index in [9.17, 15) is 4.79 Å². The second-order valence-corrected chi connectivity index (χ2v) is 5.22. The number of rotatable bonds is 1. The van der Waals surface area contributed by atoms with Crippen molar-refractivity contribution in [2.45, 2.75) is 6.92 Å². The molecule has 18 heavy (non-hydrogen) atoms. The summed E-state index contributed by atoms with van der Waals surface area (Å²) >= 11 is 6.91. The van der Waals surface area contributed by atoms with Crippen molar-refractivity contribution in [3.05, 3.63) is 50.7 Å². The molecule has 0 aliphatic carbocycles. The molecule has 2 heterocycles. The first-order chi connectivity index (χ1) is 8.63. The van der Waals surface area contributed by atoms with E-state index in [2.05, 4.69) is 10.1 Å². The van der Waals surface area contributed by atoms with Crippen molar-refractivity contribution in [1.29, 1.82) is 0 Å². The maximum Gasteiger partial charge on any atom is 0.331 e. The monoisotopic (exact) mass is 277 g/mol. The van der Waals surface area contributed by atoms with Gasteiger partial charge in [-0.05, 0) is 19.1 Å². The molecule has 3 aromatic rings. The molecule has 0 N–H and O–H groups in total. The quantitative estimate of drug-likeness (QED) is 0.687. The standard InChI is InChI=1S/C12H8ClN3OS/c1-7-6-10-14-11(18-12(17)16(10)15-7)8-2-4-9(13)5-3-8/h2-6H,1H3. The first kappa shape index (κ1) is 11.4. The second-order valence-electron chi connectivity index (χ2n) is 3.85. The molecule has 2 aromatic heterocycles. The van der Waals surface area contributed by atoms with E-state index in [1.807, 2.05) is 19.1 Å². The number of hydrogen-bond donors (Lipinski definition) is 0. The van der Waals surface area contributed by atoms with E-state index in [0.717, 1.165) is 22.6 Å². The highest BCUT2D eigenvalue weighted by Crippen LogP contribution is 2.22. The van der Waals surface area contributed by atoms with Crippen LogP contribution in [0.15, 0.2) is 35.1 Å². The summed E-state index contributed by atoms with van der Waals surface area (Å²) in [5.74, 6) is 0. The highest BCUT2D eigenvalue weighted by molar-refractivity contribution is 7.12. The lowest BCUT2D eigenvalue weighted by Gasteiger charge is -1.99. The molecular weight excluding hydrogens is 270 g/mol. The summed E-state index contributed by atoms with van der Waals surface area (Å²) < 4.78 is 1.32. The van der Waals surface area contributed by atoms with E-state index in [0.29, 0.717) is 15.7 Å². The third kappa shape index (κ3) is 1.91. The number of benzene rings is 1. The zero-order valence-electron chi connectivity index (χ0n) is 9.42. The summed E-state index contributed by atoms with van der Waals surface area (Å²) in [5, 5.41) is 5.42. The Balaban J connectivity index is 2.24. The molecule has 0 spiro atoms. The van der Waals surface area contributed by atoms with Crippen molar-refractivity contribution < 1.29 is 0 Å². The Kier molecular flexibility index (Phi) is 2.65. The van der Waals surface area contributed by atoms with E-state index in [1.54, 1.807) is 18.2 Å². The minimum atomic E-state index is -0.141. The number of aryl methyl sites for hydroxylation is 1. The summed E-state index contributed by atoms with van der Waals surface area (Å²) in [4.78, 5) is 16.2. The number of aromatic nitrogens is 3. The van der Waals surface area contributed by atoms with Gasteiger partial charge in [-0.25, -0.2) is 4.98 Å². The van der Waals surface area contributed by atoms with E-state index < -0.39 is 0 Å². The summed E-state index contributed by atoms with van der Waals surface area (Å²) in [6, 6.07) is 9.04. The van der Waals surface area contributed by atoms with Crippen LogP contribution in [0.25, 0.3) is 16.2 Å². The molecule has 0 bridgehead atoms. The normalized spacial score (nSPS) is 11.0. The topological polar surface area (TPSA) is 47.3 Å². The van der Waals surface area contributed by atoms with Gasteiger partial charge in [-0.2, -0.15) is 9.61 Å². The van der Waals surface area contributed by atoms with Crippen molar-refractivity contribution in [3.8, 4) is 10.6 Å². The molecule has 1 aromatic carbocycles. The van der Waals surface area contributed by atoms with Gasteiger partial charge in [0.25, 0.3) is 0 Å². The largest absolute Gasteiger partial charge is 0.331 e. The van der Waals surface area contributed by atoms with E-state index in [-0.39, 0.29) is 4.87 Å². The SMILES string of the molecule is Cc1cc2nc(-c3ccc(Cl)cc3)sc(=O)n2n1. The molecular formula is C12H8ClN3OS. The van der Waals surface area contributed by atoms with Gasteiger partial charge in [0.1, 0.15) is 5.01 Å². The first-order valence-corrected chi connectivity index (χ1v) is 6.46. The summed E-state index contributed by atoms with van der Waals surface area (Å²) in [6.07, 6.45) is 0. The summed E-state index contributed by atoms with van der Waals surface area (Å²) in [7, 11) is 0.